The van der Waals surface area contributed by atoms with Gasteiger partial charge in [0, 0.05) is 25.1 Å². The maximum Gasteiger partial charge on any atom is 0.326 e. The quantitative estimate of drug-likeness (QED) is 0.636. The highest BCUT2D eigenvalue weighted by Crippen LogP contribution is 2.28. The zero-order chi connectivity index (χ0) is 22.1. The van der Waals surface area contributed by atoms with E-state index >= 15 is 0 Å². The van der Waals surface area contributed by atoms with Crippen molar-refractivity contribution >= 4 is 41.0 Å². The Kier molecular flexibility index (Phi) is 5.75. The number of anilines is 1. The first-order valence-corrected chi connectivity index (χ1v) is 10.3. The summed E-state index contributed by atoms with van der Waals surface area (Å²) in [6.07, 6.45) is 0.796. The van der Waals surface area contributed by atoms with Gasteiger partial charge >= 0.3 is 6.03 Å². The lowest BCUT2D eigenvalue weighted by atomic mass is 10.0. The largest absolute Gasteiger partial charge is 0.326 e. The summed E-state index contributed by atoms with van der Waals surface area (Å²) in [5, 5.41) is 7.63. The summed E-state index contributed by atoms with van der Waals surface area (Å²) in [4.78, 5) is 50.3. The smallest absolute Gasteiger partial charge is 0.306 e. The Morgan fingerprint density at radius 3 is 2.65 bits per heavy atom. The second kappa shape index (κ2) is 8.49. The number of amides is 5. The molecule has 0 bridgehead atoms. The predicted molar refractivity (Wildman–Crippen MR) is 115 cm³/mol. The van der Waals surface area contributed by atoms with E-state index in [2.05, 4.69) is 16.0 Å². The van der Waals surface area contributed by atoms with Crippen molar-refractivity contribution in [1.82, 2.24) is 15.5 Å². The molecule has 0 aromatic heterocycles. The highest BCUT2D eigenvalue weighted by Gasteiger charge is 2.34. The van der Waals surface area contributed by atoms with Crippen LogP contribution in [0.2, 0.25) is 5.02 Å². The number of urea groups is 1. The van der Waals surface area contributed by atoms with Gasteiger partial charge in [-0.1, -0.05) is 23.7 Å². The van der Waals surface area contributed by atoms with Crippen LogP contribution in [0, 0.1) is 6.92 Å². The van der Waals surface area contributed by atoms with Crippen molar-refractivity contribution in [1.29, 1.82) is 0 Å². The van der Waals surface area contributed by atoms with Crippen LogP contribution in [0.5, 0.6) is 0 Å². The van der Waals surface area contributed by atoms with E-state index in [-0.39, 0.29) is 17.9 Å². The molecule has 0 aliphatic carbocycles. The lowest BCUT2D eigenvalue weighted by molar-refractivity contribution is -0.137. The fourth-order valence-electron chi connectivity index (χ4n) is 3.88. The molecule has 2 aliphatic heterocycles. The molecule has 5 amide bonds. The summed E-state index contributed by atoms with van der Waals surface area (Å²) < 4.78 is 0. The molecule has 0 spiro atoms. The van der Waals surface area contributed by atoms with Crippen LogP contribution in [0.3, 0.4) is 0 Å². The van der Waals surface area contributed by atoms with E-state index in [1.165, 1.54) is 0 Å². The highest BCUT2D eigenvalue weighted by atomic mass is 35.5. The normalized spacial score (nSPS) is 18.3. The highest BCUT2D eigenvalue weighted by molar-refractivity contribution is 6.33. The van der Waals surface area contributed by atoms with E-state index in [0.717, 1.165) is 16.7 Å². The second-order valence-corrected chi connectivity index (χ2v) is 8.15. The van der Waals surface area contributed by atoms with Crippen LogP contribution in [-0.4, -0.2) is 34.7 Å². The fraction of sp³-hybridized carbons (Fsp3) is 0.273. The molecule has 1 saturated heterocycles. The van der Waals surface area contributed by atoms with E-state index in [9.17, 15) is 19.2 Å². The number of carbonyl (C=O) groups is 4. The minimum Gasteiger partial charge on any atom is -0.306 e. The number of fused-ring (bicyclic) bond motifs is 1. The summed E-state index contributed by atoms with van der Waals surface area (Å²) in [5.41, 5.74) is 3.61. The number of hydrogen-bond acceptors (Lipinski definition) is 5. The van der Waals surface area contributed by atoms with Gasteiger partial charge in [0.1, 0.15) is 0 Å². The van der Waals surface area contributed by atoms with Gasteiger partial charge in [0.05, 0.1) is 16.8 Å². The number of benzene rings is 2. The molecule has 0 saturated carbocycles. The Bertz CT molecular complexity index is 1100. The average Bonchev–Trinajstić information content (AvgIpc) is 3.13. The molecule has 4 rings (SSSR count). The second-order valence-electron chi connectivity index (χ2n) is 7.75. The monoisotopic (exact) mass is 440 g/mol. The minimum atomic E-state index is -0.678. The van der Waals surface area contributed by atoms with E-state index < -0.39 is 11.9 Å². The number of rotatable bonds is 3. The van der Waals surface area contributed by atoms with Crippen molar-refractivity contribution in [3.8, 4) is 0 Å². The number of carbonyl (C=O) groups excluding carboxylic acids is 4. The first-order valence-electron chi connectivity index (χ1n) is 9.88. The van der Waals surface area contributed by atoms with Crippen molar-refractivity contribution in [3.05, 3.63) is 63.7 Å². The first-order chi connectivity index (χ1) is 14.8. The molecule has 0 radical (unpaired) electrons. The SMILES string of the molecule is Cc1ccc(Cl)c(NC(=O)NC(=O)c2ccc3c(c2)CN(C2CCC(=O)NC2=O)C3)c1. The van der Waals surface area contributed by atoms with Gasteiger partial charge in [-0.2, -0.15) is 0 Å². The van der Waals surface area contributed by atoms with Crippen molar-refractivity contribution in [2.75, 3.05) is 5.32 Å². The van der Waals surface area contributed by atoms with Crippen LogP contribution >= 0.6 is 11.6 Å². The summed E-state index contributed by atoms with van der Waals surface area (Å²) in [5.74, 6) is -1.07. The molecule has 160 valence electrons. The molecule has 2 heterocycles. The number of nitrogens with zero attached hydrogens (tertiary/aromatic N) is 1. The maximum atomic E-state index is 12.5. The van der Waals surface area contributed by atoms with Gasteiger partial charge in [0.15, 0.2) is 0 Å². The number of hydrogen-bond donors (Lipinski definition) is 3. The van der Waals surface area contributed by atoms with Gasteiger partial charge in [-0.25, -0.2) is 4.79 Å². The first kappa shape index (κ1) is 21.0. The average molecular weight is 441 g/mol. The standard InChI is InChI=1S/C22H21ClN4O4/c1-12-2-5-16(23)17(8-12)24-22(31)26-20(29)13-3-4-14-10-27(11-15(14)9-13)18-6-7-19(28)25-21(18)30/h2-5,8-9,18H,6-7,10-11H2,1H3,(H,25,28,30)(H2,24,26,29,31). The summed E-state index contributed by atoms with van der Waals surface area (Å²) in [7, 11) is 0. The Hall–Kier alpha value is -3.23. The number of aryl methyl sites for hydroxylation is 1. The zero-order valence-electron chi connectivity index (χ0n) is 16.8. The number of piperidine rings is 1. The van der Waals surface area contributed by atoms with Gasteiger partial charge in [-0.05, 0) is 54.3 Å². The van der Waals surface area contributed by atoms with Crippen LogP contribution < -0.4 is 16.0 Å². The molecule has 8 nitrogen and oxygen atoms in total. The molecule has 9 heteroatoms. The lowest BCUT2D eigenvalue weighted by Gasteiger charge is -2.29. The molecule has 1 unspecified atom stereocenters. The summed E-state index contributed by atoms with van der Waals surface area (Å²) in [6, 6.07) is 9.35. The zero-order valence-corrected chi connectivity index (χ0v) is 17.6. The molecule has 31 heavy (non-hydrogen) atoms. The van der Waals surface area contributed by atoms with Crippen molar-refractivity contribution in [2.45, 2.75) is 38.9 Å². The third kappa shape index (κ3) is 4.60. The molecular weight excluding hydrogens is 420 g/mol. The van der Waals surface area contributed by atoms with Gasteiger partial charge in [0.2, 0.25) is 11.8 Å². The van der Waals surface area contributed by atoms with E-state index in [4.69, 9.17) is 11.6 Å². The summed E-state index contributed by atoms with van der Waals surface area (Å²) >= 11 is 6.07. The molecule has 2 aromatic rings. The Morgan fingerprint density at radius 2 is 1.87 bits per heavy atom. The molecular formula is C22H21ClN4O4. The number of halogens is 1. The topological polar surface area (TPSA) is 108 Å². The molecule has 2 aromatic carbocycles. The van der Waals surface area contributed by atoms with Crippen LogP contribution in [-0.2, 0) is 22.7 Å². The lowest BCUT2D eigenvalue weighted by Crippen LogP contribution is -2.50. The van der Waals surface area contributed by atoms with E-state index in [1.54, 1.807) is 24.3 Å². The Labute approximate surface area is 183 Å². The van der Waals surface area contributed by atoms with Gasteiger partial charge < -0.3 is 5.32 Å². The van der Waals surface area contributed by atoms with E-state index in [1.807, 2.05) is 24.0 Å². The van der Waals surface area contributed by atoms with Crippen LogP contribution in [0.1, 0.15) is 39.9 Å². The molecule has 1 fully saturated rings. The van der Waals surface area contributed by atoms with Crippen molar-refractivity contribution < 1.29 is 19.2 Å². The van der Waals surface area contributed by atoms with Crippen LogP contribution in [0.4, 0.5) is 10.5 Å². The van der Waals surface area contributed by atoms with Crippen LogP contribution in [0.25, 0.3) is 0 Å². The fourth-order valence-corrected chi connectivity index (χ4v) is 4.04. The third-order valence-corrected chi connectivity index (χ3v) is 5.79. The van der Waals surface area contributed by atoms with Gasteiger partial charge in [-0.3, -0.25) is 29.9 Å². The maximum absolute atomic E-state index is 12.5. The molecule has 3 N–H and O–H groups in total. The predicted octanol–water partition coefficient (Wildman–Crippen LogP) is 2.73. The third-order valence-electron chi connectivity index (χ3n) is 5.46. The van der Waals surface area contributed by atoms with E-state index in [0.29, 0.717) is 42.2 Å². The molecule has 1 atom stereocenters. The van der Waals surface area contributed by atoms with Crippen molar-refractivity contribution in [2.24, 2.45) is 0 Å². The number of nitrogens with one attached hydrogen (secondary N) is 3. The van der Waals surface area contributed by atoms with Crippen LogP contribution in [0.15, 0.2) is 36.4 Å². The number of imide groups is 2. The van der Waals surface area contributed by atoms with Gasteiger partial charge in [0.25, 0.3) is 5.91 Å². The van der Waals surface area contributed by atoms with Gasteiger partial charge in [-0.15, -0.1) is 0 Å². The molecule has 2 aliphatic rings. The Morgan fingerprint density at radius 1 is 1.10 bits per heavy atom. The summed E-state index contributed by atoms with van der Waals surface area (Å²) in [6.45, 7) is 2.93. The minimum absolute atomic E-state index is 0.248. The Balaban J connectivity index is 1.40. The van der Waals surface area contributed by atoms with Crippen molar-refractivity contribution in [3.63, 3.8) is 0 Å².